The molecule has 0 spiro atoms. The first-order valence-electron chi connectivity index (χ1n) is 6.40. The van der Waals surface area contributed by atoms with Gasteiger partial charge in [0, 0.05) is 34.8 Å². The van der Waals surface area contributed by atoms with Gasteiger partial charge in [0.2, 0.25) is 0 Å². The molecule has 0 aliphatic rings. The molecule has 2 N–H and O–H groups in total. The summed E-state index contributed by atoms with van der Waals surface area (Å²) in [6.45, 7) is 2.72. The van der Waals surface area contributed by atoms with Crippen molar-refractivity contribution in [2.24, 2.45) is 0 Å². The Labute approximate surface area is 130 Å². The molecule has 0 heterocycles. The van der Waals surface area contributed by atoms with Gasteiger partial charge in [-0.1, -0.05) is 28.1 Å². The average Bonchev–Trinajstić information content (AvgIpc) is 2.44. The van der Waals surface area contributed by atoms with Gasteiger partial charge >= 0.3 is 0 Å². The zero-order chi connectivity index (χ0) is 15.4. The molecule has 0 radical (unpaired) electrons. The first-order valence-corrected chi connectivity index (χ1v) is 7.19. The summed E-state index contributed by atoms with van der Waals surface area (Å²) >= 11 is 3.36. The van der Waals surface area contributed by atoms with E-state index in [1.807, 2.05) is 12.1 Å². The molecule has 5 nitrogen and oxygen atoms in total. The Morgan fingerprint density at radius 2 is 1.95 bits per heavy atom. The van der Waals surface area contributed by atoms with Gasteiger partial charge in [-0.15, -0.1) is 0 Å². The Bertz CT molecular complexity index is 674. The number of halogens is 1. The molecular weight excluding hydrogens is 336 g/mol. The predicted molar refractivity (Wildman–Crippen MR) is 84.2 cm³/mol. The molecule has 6 heteroatoms. The second-order valence-corrected chi connectivity index (χ2v) is 5.61. The van der Waals surface area contributed by atoms with Crippen LogP contribution in [0.1, 0.15) is 16.7 Å². The van der Waals surface area contributed by atoms with Crippen LogP contribution in [0.3, 0.4) is 0 Å². The minimum absolute atomic E-state index is 0.125. The highest BCUT2D eigenvalue weighted by molar-refractivity contribution is 9.10. The maximum atomic E-state index is 10.9. The fourth-order valence-corrected chi connectivity index (χ4v) is 2.50. The maximum Gasteiger partial charge on any atom is 0.272 e. The molecule has 0 saturated carbocycles. The van der Waals surface area contributed by atoms with Crippen molar-refractivity contribution in [3.63, 3.8) is 0 Å². The molecule has 0 bridgehead atoms. The number of hydrogen-bond acceptors (Lipinski definition) is 4. The van der Waals surface area contributed by atoms with E-state index < -0.39 is 0 Å². The van der Waals surface area contributed by atoms with Gasteiger partial charge < -0.3 is 10.4 Å². The minimum Gasteiger partial charge on any atom is -0.508 e. The van der Waals surface area contributed by atoms with Crippen molar-refractivity contribution >= 4 is 21.6 Å². The van der Waals surface area contributed by atoms with Gasteiger partial charge in [0.25, 0.3) is 5.69 Å². The summed E-state index contributed by atoms with van der Waals surface area (Å²) in [6.07, 6.45) is 0. The zero-order valence-corrected chi connectivity index (χ0v) is 13.1. The number of nitrogens with zero attached hydrogens (tertiary/aromatic N) is 1. The SMILES string of the molecule is Cc1c(CNCc2cc(Br)ccc2O)cccc1[N+](=O)[O-]. The molecule has 0 aromatic heterocycles. The molecule has 0 aliphatic heterocycles. The number of hydrogen-bond donors (Lipinski definition) is 2. The first-order chi connectivity index (χ1) is 9.99. The quantitative estimate of drug-likeness (QED) is 0.637. The molecule has 2 aromatic carbocycles. The third-order valence-electron chi connectivity index (χ3n) is 3.29. The second kappa shape index (κ2) is 6.69. The van der Waals surface area contributed by atoms with Gasteiger partial charge in [0.05, 0.1) is 4.92 Å². The number of phenolic OH excluding ortho intramolecular Hbond substituents is 1. The molecule has 0 amide bonds. The van der Waals surface area contributed by atoms with Gasteiger partial charge in [-0.25, -0.2) is 0 Å². The Kier molecular flexibility index (Phi) is 4.93. The van der Waals surface area contributed by atoms with Gasteiger partial charge in [-0.05, 0) is 30.7 Å². The van der Waals surface area contributed by atoms with E-state index in [0.717, 1.165) is 15.6 Å². The van der Waals surface area contributed by atoms with E-state index in [9.17, 15) is 15.2 Å². The third kappa shape index (κ3) is 3.80. The molecule has 0 unspecified atom stereocenters. The zero-order valence-electron chi connectivity index (χ0n) is 11.5. The van der Waals surface area contributed by atoms with Crippen LogP contribution in [-0.2, 0) is 13.1 Å². The lowest BCUT2D eigenvalue weighted by molar-refractivity contribution is -0.385. The monoisotopic (exact) mass is 350 g/mol. The lowest BCUT2D eigenvalue weighted by Crippen LogP contribution is -2.14. The molecule has 2 aromatic rings. The summed E-state index contributed by atoms with van der Waals surface area (Å²) in [5, 5.41) is 23.8. The number of phenols is 1. The molecule has 0 atom stereocenters. The van der Waals surface area contributed by atoms with Crippen LogP contribution in [0.15, 0.2) is 40.9 Å². The molecule has 0 saturated heterocycles. The van der Waals surface area contributed by atoms with Crippen molar-refractivity contribution in [3.8, 4) is 5.75 Å². The van der Waals surface area contributed by atoms with Crippen LogP contribution in [0.5, 0.6) is 5.75 Å². The van der Waals surface area contributed by atoms with E-state index in [2.05, 4.69) is 21.2 Å². The molecule has 21 heavy (non-hydrogen) atoms. The largest absolute Gasteiger partial charge is 0.508 e. The Balaban J connectivity index is 2.05. The van der Waals surface area contributed by atoms with E-state index in [4.69, 9.17) is 0 Å². The summed E-state index contributed by atoms with van der Waals surface area (Å²) in [6, 6.07) is 10.3. The number of rotatable bonds is 5. The van der Waals surface area contributed by atoms with E-state index in [1.54, 1.807) is 25.1 Å². The van der Waals surface area contributed by atoms with Crippen LogP contribution in [-0.4, -0.2) is 10.0 Å². The highest BCUT2D eigenvalue weighted by Crippen LogP contribution is 2.23. The van der Waals surface area contributed by atoms with E-state index >= 15 is 0 Å². The van der Waals surface area contributed by atoms with Crippen LogP contribution in [0, 0.1) is 17.0 Å². The number of nitro benzene ring substituents is 1. The summed E-state index contributed by atoms with van der Waals surface area (Å²) in [5.74, 6) is 0.224. The maximum absolute atomic E-state index is 10.9. The lowest BCUT2D eigenvalue weighted by atomic mass is 10.1. The van der Waals surface area contributed by atoms with Crippen LogP contribution in [0.4, 0.5) is 5.69 Å². The minimum atomic E-state index is -0.376. The highest BCUT2D eigenvalue weighted by Gasteiger charge is 2.12. The number of nitro groups is 1. The van der Waals surface area contributed by atoms with Gasteiger partial charge in [-0.3, -0.25) is 10.1 Å². The normalized spacial score (nSPS) is 10.6. The van der Waals surface area contributed by atoms with Crippen molar-refractivity contribution in [3.05, 3.63) is 67.7 Å². The van der Waals surface area contributed by atoms with Crippen LogP contribution >= 0.6 is 15.9 Å². The molecule has 0 fully saturated rings. The van der Waals surface area contributed by atoms with Crippen molar-refractivity contribution in [2.45, 2.75) is 20.0 Å². The van der Waals surface area contributed by atoms with Gasteiger partial charge in [0.1, 0.15) is 5.75 Å². The number of aromatic hydroxyl groups is 1. The number of benzene rings is 2. The van der Waals surface area contributed by atoms with E-state index in [1.165, 1.54) is 6.07 Å². The van der Waals surface area contributed by atoms with Gasteiger partial charge in [0.15, 0.2) is 0 Å². The third-order valence-corrected chi connectivity index (χ3v) is 3.78. The predicted octanol–water partition coefficient (Wildman–Crippen LogP) is 3.66. The molecule has 2 rings (SSSR count). The van der Waals surface area contributed by atoms with Crippen molar-refractivity contribution < 1.29 is 10.0 Å². The highest BCUT2D eigenvalue weighted by atomic mass is 79.9. The summed E-state index contributed by atoms with van der Waals surface area (Å²) in [5.41, 5.74) is 2.43. The van der Waals surface area contributed by atoms with Crippen LogP contribution < -0.4 is 5.32 Å². The standard InChI is InChI=1S/C15H15BrN2O3/c1-10-11(3-2-4-14(10)18(20)21)8-17-9-12-7-13(16)5-6-15(12)19/h2-7,17,19H,8-9H2,1H3. The first kappa shape index (κ1) is 15.5. The Morgan fingerprint density at radius 1 is 1.24 bits per heavy atom. The summed E-state index contributed by atoms with van der Waals surface area (Å²) in [4.78, 5) is 10.5. The van der Waals surface area contributed by atoms with Crippen LogP contribution in [0.2, 0.25) is 0 Å². The average molecular weight is 351 g/mol. The van der Waals surface area contributed by atoms with Gasteiger partial charge in [-0.2, -0.15) is 0 Å². The topological polar surface area (TPSA) is 75.4 Å². The number of nitrogens with one attached hydrogen (secondary N) is 1. The Hall–Kier alpha value is -1.92. The van der Waals surface area contributed by atoms with E-state index in [0.29, 0.717) is 18.7 Å². The van der Waals surface area contributed by atoms with Crippen LogP contribution in [0.25, 0.3) is 0 Å². The van der Waals surface area contributed by atoms with Crippen molar-refractivity contribution in [2.75, 3.05) is 0 Å². The summed E-state index contributed by atoms with van der Waals surface area (Å²) in [7, 11) is 0. The smallest absolute Gasteiger partial charge is 0.272 e. The Morgan fingerprint density at radius 3 is 2.67 bits per heavy atom. The van der Waals surface area contributed by atoms with Crippen molar-refractivity contribution in [1.82, 2.24) is 5.32 Å². The fourth-order valence-electron chi connectivity index (χ4n) is 2.09. The summed E-state index contributed by atoms with van der Waals surface area (Å²) < 4.78 is 0.892. The molecule has 0 aliphatic carbocycles. The molecule has 110 valence electrons. The lowest BCUT2D eigenvalue weighted by Gasteiger charge is -2.09. The fraction of sp³-hybridized carbons (Fsp3) is 0.200. The second-order valence-electron chi connectivity index (χ2n) is 4.69. The molecular formula is C15H15BrN2O3. The van der Waals surface area contributed by atoms with Crippen molar-refractivity contribution in [1.29, 1.82) is 0 Å². The van der Waals surface area contributed by atoms with E-state index in [-0.39, 0.29) is 16.4 Å².